The molecule has 1 N–H and O–H groups in total. The standard InChI is InChI=1S/C21H26F2N2O3S/c1-12-9-14(3)18(10-13(12)2)15(4)24-21(26)16(5)25(29(6,27)28)17-7-8-19(22)20(23)11-17/h7-11,15-16H,1-6H3,(H,24,26)/t15-,16-/m0/s1. The third-order valence-electron chi connectivity index (χ3n) is 4.95. The number of hydrogen-bond donors (Lipinski definition) is 1. The van der Waals surface area contributed by atoms with Crippen LogP contribution in [0.25, 0.3) is 0 Å². The van der Waals surface area contributed by atoms with Gasteiger partial charge in [-0.3, -0.25) is 9.10 Å². The molecule has 2 aromatic carbocycles. The molecular weight excluding hydrogens is 398 g/mol. The van der Waals surface area contributed by atoms with Gasteiger partial charge in [0.2, 0.25) is 15.9 Å². The molecule has 158 valence electrons. The third-order valence-corrected chi connectivity index (χ3v) is 6.20. The number of carbonyl (C=O) groups excluding carboxylic acids is 1. The lowest BCUT2D eigenvalue weighted by atomic mass is 9.96. The van der Waals surface area contributed by atoms with Crippen LogP contribution in [-0.4, -0.2) is 26.6 Å². The normalized spacial score (nSPS) is 13.7. The molecule has 0 aliphatic carbocycles. The van der Waals surface area contributed by atoms with Gasteiger partial charge < -0.3 is 5.32 Å². The van der Waals surface area contributed by atoms with Crippen LogP contribution in [0.5, 0.6) is 0 Å². The number of hydrogen-bond acceptors (Lipinski definition) is 3. The molecule has 0 spiro atoms. The van der Waals surface area contributed by atoms with Crippen molar-refractivity contribution in [3.63, 3.8) is 0 Å². The molecule has 0 unspecified atom stereocenters. The van der Waals surface area contributed by atoms with Crippen molar-refractivity contribution in [1.82, 2.24) is 5.32 Å². The summed E-state index contributed by atoms with van der Waals surface area (Å²) in [6, 6.07) is 5.20. The van der Waals surface area contributed by atoms with Crippen LogP contribution in [0.1, 0.15) is 42.1 Å². The lowest BCUT2D eigenvalue weighted by Gasteiger charge is -2.29. The first kappa shape index (κ1) is 22.8. The summed E-state index contributed by atoms with van der Waals surface area (Å²) in [6.45, 7) is 9.13. The summed E-state index contributed by atoms with van der Waals surface area (Å²) in [7, 11) is -3.93. The monoisotopic (exact) mass is 424 g/mol. The molecule has 0 aliphatic heterocycles. The predicted molar refractivity (Wildman–Crippen MR) is 110 cm³/mol. The average molecular weight is 425 g/mol. The zero-order valence-electron chi connectivity index (χ0n) is 17.4. The van der Waals surface area contributed by atoms with Gasteiger partial charge in [-0.05, 0) is 69.0 Å². The third kappa shape index (κ3) is 5.12. The number of nitrogens with zero attached hydrogens (tertiary/aromatic N) is 1. The highest BCUT2D eigenvalue weighted by Gasteiger charge is 2.30. The van der Waals surface area contributed by atoms with Crippen molar-refractivity contribution in [3.05, 3.63) is 64.2 Å². The average Bonchev–Trinajstić information content (AvgIpc) is 2.59. The molecule has 0 heterocycles. The van der Waals surface area contributed by atoms with E-state index in [2.05, 4.69) is 5.32 Å². The minimum Gasteiger partial charge on any atom is -0.348 e. The molecule has 2 atom stereocenters. The highest BCUT2D eigenvalue weighted by molar-refractivity contribution is 7.92. The fraction of sp³-hybridized carbons (Fsp3) is 0.381. The van der Waals surface area contributed by atoms with Crippen LogP contribution in [0.2, 0.25) is 0 Å². The van der Waals surface area contributed by atoms with E-state index < -0.39 is 33.6 Å². The number of carbonyl (C=O) groups is 1. The smallest absolute Gasteiger partial charge is 0.244 e. The summed E-state index contributed by atoms with van der Waals surface area (Å²) in [5, 5.41) is 2.82. The summed E-state index contributed by atoms with van der Waals surface area (Å²) in [5.74, 6) is -2.84. The molecule has 0 bridgehead atoms. The van der Waals surface area contributed by atoms with E-state index >= 15 is 0 Å². The Hall–Kier alpha value is -2.48. The van der Waals surface area contributed by atoms with Gasteiger partial charge in [0.05, 0.1) is 18.0 Å². The zero-order chi connectivity index (χ0) is 22.1. The van der Waals surface area contributed by atoms with E-state index in [1.54, 1.807) is 0 Å². The molecular formula is C21H26F2N2O3S. The summed E-state index contributed by atoms with van der Waals surface area (Å²) in [6.07, 6.45) is 0.912. The molecule has 1 amide bonds. The topological polar surface area (TPSA) is 66.5 Å². The van der Waals surface area contributed by atoms with E-state index in [1.807, 2.05) is 39.8 Å². The number of benzene rings is 2. The Morgan fingerprint density at radius 1 is 0.966 bits per heavy atom. The Morgan fingerprint density at radius 2 is 1.55 bits per heavy atom. The lowest BCUT2D eigenvalue weighted by Crippen LogP contribution is -2.48. The van der Waals surface area contributed by atoms with Crippen molar-refractivity contribution in [1.29, 1.82) is 0 Å². The molecule has 29 heavy (non-hydrogen) atoms. The quantitative estimate of drug-likeness (QED) is 0.764. The zero-order valence-corrected chi connectivity index (χ0v) is 18.2. The molecule has 2 rings (SSSR count). The second-order valence-electron chi connectivity index (χ2n) is 7.36. The summed E-state index contributed by atoms with van der Waals surface area (Å²) < 4.78 is 52.3. The maximum absolute atomic E-state index is 13.6. The van der Waals surface area contributed by atoms with Gasteiger partial charge in [-0.25, -0.2) is 17.2 Å². The van der Waals surface area contributed by atoms with Crippen LogP contribution >= 0.6 is 0 Å². The highest BCUT2D eigenvalue weighted by atomic mass is 32.2. The Morgan fingerprint density at radius 3 is 2.10 bits per heavy atom. The number of amides is 1. The van der Waals surface area contributed by atoms with Gasteiger partial charge in [-0.2, -0.15) is 0 Å². The minimum atomic E-state index is -3.93. The van der Waals surface area contributed by atoms with E-state index in [4.69, 9.17) is 0 Å². The van der Waals surface area contributed by atoms with Crippen LogP contribution in [0.4, 0.5) is 14.5 Å². The van der Waals surface area contributed by atoms with Crippen LogP contribution in [-0.2, 0) is 14.8 Å². The fourth-order valence-electron chi connectivity index (χ4n) is 3.29. The van der Waals surface area contributed by atoms with Crippen LogP contribution in [0, 0.1) is 32.4 Å². The van der Waals surface area contributed by atoms with Crippen molar-refractivity contribution in [2.24, 2.45) is 0 Å². The van der Waals surface area contributed by atoms with Crippen molar-refractivity contribution < 1.29 is 22.0 Å². The second kappa shape index (κ2) is 8.49. The van der Waals surface area contributed by atoms with Crippen LogP contribution in [0.15, 0.2) is 30.3 Å². The molecule has 0 aliphatic rings. The fourth-order valence-corrected chi connectivity index (χ4v) is 4.46. The first-order chi connectivity index (χ1) is 13.3. The van der Waals surface area contributed by atoms with E-state index in [0.29, 0.717) is 0 Å². The van der Waals surface area contributed by atoms with Crippen LogP contribution in [0.3, 0.4) is 0 Å². The van der Waals surface area contributed by atoms with Crippen molar-refractivity contribution in [3.8, 4) is 0 Å². The van der Waals surface area contributed by atoms with E-state index in [9.17, 15) is 22.0 Å². The van der Waals surface area contributed by atoms with Gasteiger partial charge in [0, 0.05) is 6.07 Å². The molecule has 0 radical (unpaired) electrons. The molecule has 0 fully saturated rings. The maximum atomic E-state index is 13.6. The maximum Gasteiger partial charge on any atom is 0.244 e. The van der Waals surface area contributed by atoms with E-state index in [-0.39, 0.29) is 11.7 Å². The van der Waals surface area contributed by atoms with Crippen molar-refractivity contribution in [2.75, 3.05) is 10.6 Å². The first-order valence-corrected chi connectivity index (χ1v) is 11.0. The van der Waals surface area contributed by atoms with Gasteiger partial charge in [-0.15, -0.1) is 0 Å². The van der Waals surface area contributed by atoms with Gasteiger partial charge in [0.1, 0.15) is 6.04 Å². The van der Waals surface area contributed by atoms with Crippen LogP contribution < -0.4 is 9.62 Å². The highest BCUT2D eigenvalue weighted by Crippen LogP contribution is 2.25. The van der Waals surface area contributed by atoms with Gasteiger partial charge in [0.15, 0.2) is 11.6 Å². The number of halogens is 2. The van der Waals surface area contributed by atoms with E-state index in [1.165, 1.54) is 6.92 Å². The summed E-state index contributed by atoms with van der Waals surface area (Å²) in [4.78, 5) is 12.8. The number of sulfonamides is 1. The largest absolute Gasteiger partial charge is 0.348 e. The summed E-state index contributed by atoms with van der Waals surface area (Å²) in [5.41, 5.74) is 4.03. The Labute approximate surface area is 170 Å². The predicted octanol–water partition coefficient (Wildman–Crippen LogP) is 3.92. The Kier molecular flexibility index (Phi) is 6.67. The molecule has 0 aromatic heterocycles. The number of nitrogens with one attached hydrogen (secondary N) is 1. The molecule has 0 saturated carbocycles. The number of anilines is 1. The number of aryl methyl sites for hydroxylation is 3. The molecule has 2 aromatic rings. The summed E-state index contributed by atoms with van der Waals surface area (Å²) >= 11 is 0. The minimum absolute atomic E-state index is 0.121. The Bertz CT molecular complexity index is 1040. The Balaban J connectivity index is 2.32. The molecule has 0 saturated heterocycles. The lowest BCUT2D eigenvalue weighted by molar-refractivity contribution is -0.122. The van der Waals surface area contributed by atoms with Gasteiger partial charge >= 0.3 is 0 Å². The van der Waals surface area contributed by atoms with Crippen molar-refractivity contribution >= 4 is 21.6 Å². The second-order valence-corrected chi connectivity index (χ2v) is 9.22. The van der Waals surface area contributed by atoms with Crippen molar-refractivity contribution in [2.45, 2.75) is 46.7 Å². The molecule has 8 heteroatoms. The first-order valence-electron chi connectivity index (χ1n) is 9.15. The van der Waals surface area contributed by atoms with Gasteiger partial charge in [-0.1, -0.05) is 12.1 Å². The molecule has 5 nitrogen and oxygen atoms in total. The SMILES string of the molecule is Cc1cc(C)c([C@H](C)NC(=O)[C@H](C)N(c2ccc(F)c(F)c2)S(C)(=O)=O)cc1C. The number of rotatable bonds is 6. The van der Waals surface area contributed by atoms with E-state index in [0.717, 1.165) is 51.0 Å². The van der Waals surface area contributed by atoms with Gasteiger partial charge in [0.25, 0.3) is 0 Å².